The zero-order chi connectivity index (χ0) is 13.3. The summed E-state index contributed by atoms with van der Waals surface area (Å²) in [7, 11) is 0. The van der Waals surface area contributed by atoms with Gasteiger partial charge in [0.2, 0.25) is 0 Å². The van der Waals surface area contributed by atoms with Gasteiger partial charge < -0.3 is 0 Å². The third-order valence-corrected chi connectivity index (χ3v) is 3.01. The molecule has 0 atom stereocenters. The van der Waals surface area contributed by atoms with E-state index in [-0.39, 0.29) is 0 Å². The van der Waals surface area contributed by atoms with E-state index < -0.39 is 17.8 Å². The second kappa shape index (κ2) is 4.60. The van der Waals surface area contributed by atoms with Crippen molar-refractivity contribution in [3.8, 4) is 0 Å². The second-order valence-electron chi connectivity index (χ2n) is 4.03. The van der Waals surface area contributed by atoms with E-state index in [1.807, 2.05) is 37.4 Å². The Morgan fingerprint density at radius 1 is 1.06 bits per heavy atom. The number of aryl methyl sites for hydroxylation is 2. The maximum Gasteiger partial charge on any atom is 0.336 e. The van der Waals surface area contributed by atoms with Gasteiger partial charge in [-0.25, -0.2) is 9.69 Å². The number of hydrogen-bond donors (Lipinski definition) is 1. The molecule has 1 N–H and O–H groups in total. The van der Waals surface area contributed by atoms with E-state index in [1.54, 1.807) is 0 Å². The molecule has 1 aromatic rings. The van der Waals surface area contributed by atoms with Crippen molar-refractivity contribution >= 4 is 23.5 Å². The van der Waals surface area contributed by atoms with Crippen LogP contribution in [-0.2, 0) is 22.4 Å². The molecule has 1 heterocycles. The van der Waals surface area contributed by atoms with Gasteiger partial charge in [-0.2, -0.15) is 0 Å². The van der Waals surface area contributed by atoms with Gasteiger partial charge in [0.05, 0.1) is 5.69 Å². The lowest BCUT2D eigenvalue weighted by atomic mass is 10.0. The quantitative estimate of drug-likeness (QED) is 0.647. The summed E-state index contributed by atoms with van der Waals surface area (Å²) in [4.78, 5) is 35.6. The summed E-state index contributed by atoms with van der Waals surface area (Å²) >= 11 is 0. The van der Waals surface area contributed by atoms with Gasteiger partial charge in [-0.05, 0) is 24.0 Å². The Morgan fingerprint density at radius 2 is 1.61 bits per heavy atom. The number of benzene rings is 1. The maximum absolute atomic E-state index is 11.7. The molecule has 4 amide bonds. The molecular formula is C13H14N2O3. The largest absolute Gasteiger partial charge is 0.336 e. The fourth-order valence-corrected chi connectivity index (χ4v) is 2.11. The summed E-state index contributed by atoms with van der Waals surface area (Å²) in [5.41, 5.74) is 2.32. The molecule has 0 aromatic heterocycles. The van der Waals surface area contributed by atoms with Crippen molar-refractivity contribution in [2.24, 2.45) is 0 Å². The molecule has 1 aliphatic rings. The molecule has 0 spiro atoms. The zero-order valence-corrected chi connectivity index (χ0v) is 10.3. The first kappa shape index (κ1) is 12.3. The molecule has 0 aliphatic carbocycles. The Kier molecular flexibility index (Phi) is 3.14. The highest BCUT2D eigenvalue weighted by atomic mass is 16.2. The van der Waals surface area contributed by atoms with Crippen molar-refractivity contribution < 1.29 is 14.4 Å². The van der Waals surface area contributed by atoms with Crippen LogP contribution in [0.1, 0.15) is 25.0 Å². The van der Waals surface area contributed by atoms with E-state index >= 15 is 0 Å². The number of urea groups is 1. The van der Waals surface area contributed by atoms with E-state index in [4.69, 9.17) is 0 Å². The number of imide groups is 2. The van der Waals surface area contributed by atoms with Crippen molar-refractivity contribution in [3.05, 3.63) is 29.3 Å². The lowest BCUT2D eigenvalue weighted by Gasteiger charge is -2.19. The van der Waals surface area contributed by atoms with Gasteiger partial charge in [-0.1, -0.05) is 32.0 Å². The minimum absolute atomic E-state index is 0.552. The average molecular weight is 246 g/mol. The van der Waals surface area contributed by atoms with Gasteiger partial charge in [-0.3, -0.25) is 14.9 Å². The van der Waals surface area contributed by atoms with Crippen LogP contribution in [0.15, 0.2) is 18.2 Å². The third kappa shape index (κ3) is 1.77. The van der Waals surface area contributed by atoms with Gasteiger partial charge in [0, 0.05) is 0 Å². The minimum Gasteiger partial charge on any atom is -0.269 e. The van der Waals surface area contributed by atoms with Crippen LogP contribution in [0, 0.1) is 0 Å². The van der Waals surface area contributed by atoms with Crippen LogP contribution in [0.4, 0.5) is 10.5 Å². The molecule has 1 aromatic carbocycles. The number of carbonyl (C=O) groups is 3. The molecule has 0 radical (unpaired) electrons. The van der Waals surface area contributed by atoms with E-state index in [0.717, 1.165) is 16.0 Å². The normalized spacial score (nSPS) is 15.2. The SMILES string of the molecule is CCc1cccc(CC)c1N1C(=O)NC(=O)C1=O. The molecule has 0 bridgehead atoms. The number of amides is 4. The molecule has 5 heteroatoms. The first-order valence-corrected chi connectivity index (χ1v) is 5.90. The number of rotatable bonds is 3. The van der Waals surface area contributed by atoms with Crippen LogP contribution >= 0.6 is 0 Å². The summed E-state index contributed by atoms with van der Waals surface area (Å²) in [5.74, 6) is -1.68. The van der Waals surface area contributed by atoms with Gasteiger partial charge in [0.15, 0.2) is 0 Å². The number of nitrogens with zero attached hydrogens (tertiary/aromatic N) is 1. The smallest absolute Gasteiger partial charge is 0.269 e. The van der Waals surface area contributed by atoms with Crippen LogP contribution in [0.25, 0.3) is 0 Å². The Morgan fingerprint density at radius 3 is 2.00 bits per heavy atom. The van der Waals surface area contributed by atoms with Crippen molar-refractivity contribution in [3.63, 3.8) is 0 Å². The molecule has 1 fully saturated rings. The van der Waals surface area contributed by atoms with Gasteiger partial charge >= 0.3 is 17.8 Å². The molecule has 18 heavy (non-hydrogen) atoms. The molecular weight excluding hydrogens is 232 g/mol. The Labute approximate surface area is 105 Å². The lowest BCUT2D eigenvalue weighted by molar-refractivity contribution is -0.134. The average Bonchev–Trinajstić information content (AvgIpc) is 2.62. The van der Waals surface area contributed by atoms with E-state index in [1.165, 1.54) is 0 Å². The highest BCUT2D eigenvalue weighted by Gasteiger charge is 2.39. The first-order valence-electron chi connectivity index (χ1n) is 5.90. The van der Waals surface area contributed by atoms with Crippen molar-refractivity contribution in [1.82, 2.24) is 5.32 Å². The third-order valence-electron chi connectivity index (χ3n) is 3.01. The summed E-state index contributed by atoms with van der Waals surface area (Å²) in [6, 6.07) is 4.94. The highest BCUT2D eigenvalue weighted by Crippen LogP contribution is 2.28. The Balaban J connectivity index is 2.59. The van der Waals surface area contributed by atoms with Crippen LogP contribution < -0.4 is 10.2 Å². The molecule has 2 rings (SSSR count). The summed E-state index contributed by atoms with van der Waals surface area (Å²) in [5, 5.41) is 2.02. The number of carbonyl (C=O) groups excluding carboxylic acids is 3. The maximum atomic E-state index is 11.7. The Hall–Kier alpha value is -2.17. The number of nitrogens with one attached hydrogen (secondary N) is 1. The number of anilines is 1. The van der Waals surface area contributed by atoms with Gasteiger partial charge in [0.25, 0.3) is 0 Å². The van der Waals surface area contributed by atoms with E-state index in [0.29, 0.717) is 18.5 Å². The highest BCUT2D eigenvalue weighted by molar-refractivity contribution is 6.53. The lowest BCUT2D eigenvalue weighted by Crippen LogP contribution is -2.32. The zero-order valence-electron chi connectivity index (χ0n) is 10.3. The summed E-state index contributed by atoms with van der Waals surface area (Å²) < 4.78 is 0. The molecule has 5 nitrogen and oxygen atoms in total. The van der Waals surface area contributed by atoms with Crippen molar-refractivity contribution in [2.45, 2.75) is 26.7 Å². The van der Waals surface area contributed by atoms with Crippen LogP contribution in [0.5, 0.6) is 0 Å². The van der Waals surface area contributed by atoms with E-state index in [9.17, 15) is 14.4 Å². The molecule has 94 valence electrons. The van der Waals surface area contributed by atoms with Crippen molar-refractivity contribution in [1.29, 1.82) is 0 Å². The number of hydrogen-bond acceptors (Lipinski definition) is 3. The fraction of sp³-hybridized carbons (Fsp3) is 0.308. The first-order chi connectivity index (χ1) is 8.60. The van der Waals surface area contributed by atoms with Crippen LogP contribution in [0.3, 0.4) is 0 Å². The monoisotopic (exact) mass is 246 g/mol. The van der Waals surface area contributed by atoms with Gasteiger partial charge in [0.1, 0.15) is 0 Å². The molecule has 0 unspecified atom stereocenters. The predicted molar refractivity (Wildman–Crippen MR) is 66.2 cm³/mol. The molecule has 1 aliphatic heterocycles. The standard InChI is InChI=1S/C13H14N2O3/c1-3-8-6-5-7-9(4-2)10(8)15-12(17)11(16)14-13(15)18/h5-7H,3-4H2,1-2H3,(H,14,16,18). The van der Waals surface area contributed by atoms with E-state index in [2.05, 4.69) is 0 Å². The fourth-order valence-electron chi connectivity index (χ4n) is 2.11. The summed E-state index contributed by atoms with van der Waals surface area (Å²) in [6.45, 7) is 3.89. The summed E-state index contributed by atoms with van der Waals surface area (Å²) in [6.07, 6.45) is 1.38. The topological polar surface area (TPSA) is 66.5 Å². The second-order valence-corrected chi connectivity index (χ2v) is 4.03. The minimum atomic E-state index is -0.868. The van der Waals surface area contributed by atoms with Crippen molar-refractivity contribution in [2.75, 3.05) is 4.90 Å². The molecule has 1 saturated heterocycles. The van der Waals surface area contributed by atoms with Crippen LogP contribution in [0.2, 0.25) is 0 Å². The predicted octanol–water partition coefficient (Wildman–Crippen LogP) is 1.39. The van der Waals surface area contributed by atoms with Crippen LogP contribution in [-0.4, -0.2) is 17.8 Å². The Bertz CT molecular complexity index is 515. The molecule has 0 saturated carbocycles. The van der Waals surface area contributed by atoms with Gasteiger partial charge in [-0.15, -0.1) is 0 Å². The number of para-hydroxylation sites is 1.